The van der Waals surface area contributed by atoms with Crippen molar-refractivity contribution in [2.24, 2.45) is 52.5 Å². The Labute approximate surface area is 528 Å². The first-order chi connectivity index (χ1) is 41.7. The van der Waals surface area contributed by atoms with Gasteiger partial charge in [0.1, 0.15) is 43.7 Å². The van der Waals surface area contributed by atoms with Gasteiger partial charge < -0.3 is 72.5 Å². The first kappa shape index (κ1) is 74.1. The molecule has 89 heavy (non-hydrogen) atoms. The van der Waals surface area contributed by atoms with Crippen LogP contribution >= 0.6 is 0 Å². The summed E-state index contributed by atoms with van der Waals surface area (Å²) >= 11 is 0. The minimum Gasteiger partial charge on any atom is -0.461 e. The second kappa shape index (κ2) is 32.3. The van der Waals surface area contributed by atoms with Crippen LogP contribution in [-0.2, 0) is 81.3 Å². The number of nitrogens with one attached hydrogen (secondary N) is 2. The fourth-order valence-corrected chi connectivity index (χ4v) is 14.3. The zero-order valence-corrected chi connectivity index (χ0v) is 56.6. The van der Waals surface area contributed by atoms with Gasteiger partial charge in [-0.2, -0.15) is 0 Å². The van der Waals surface area contributed by atoms with E-state index in [1.54, 1.807) is 80.5 Å². The maximum atomic E-state index is 16.1. The summed E-state index contributed by atoms with van der Waals surface area (Å²) in [4.78, 5) is 68.2. The van der Waals surface area contributed by atoms with E-state index in [1.165, 1.54) is 40.4 Å². The van der Waals surface area contributed by atoms with E-state index in [4.69, 9.17) is 56.9 Å². The van der Waals surface area contributed by atoms with Crippen LogP contribution < -0.4 is 10.0 Å². The Bertz CT molecular complexity index is 2600. The largest absolute Gasteiger partial charge is 0.461 e. The molecule has 22 atom stereocenters. The summed E-state index contributed by atoms with van der Waals surface area (Å²) in [7, 11) is 0.220. The Kier molecular flexibility index (Phi) is 26.8. The number of methoxy groups -OCH3 is 2. The molecule has 0 bridgehead atoms. The van der Waals surface area contributed by atoms with Gasteiger partial charge in [-0.15, -0.1) is 0 Å². The normalized spacial score (nSPS) is 37.6. The third-order valence-corrected chi connectivity index (χ3v) is 19.5. The molecule has 0 radical (unpaired) electrons. The summed E-state index contributed by atoms with van der Waals surface area (Å²) in [5.74, 6) is -7.45. The van der Waals surface area contributed by atoms with Crippen molar-refractivity contribution in [2.75, 3.05) is 47.6 Å². The number of aliphatic hydroxyl groups excluding tert-OH is 2. The van der Waals surface area contributed by atoms with Crippen molar-refractivity contribution < 1.29 is 94.8 Å². The molecule has 1 aromatic carbocycles. The molecule has 4 heterocycles. The molecular formula is C64H106N4O20S. The van der Waals surface area contributed by atoms with Crippen molar-refractivity contribution in [1.29, 1.82) is 0 Å². The molecule has 1 aromatic rings. The van der Waals surface area contributed by atoms with Crippen LogP contribution in [0.2, 0.25) is 0 Å². The number of esters is 2. The lowest BCUT2D eigenvalue weighted by molar-refractivity contribution is -0.305. The van der Waals surface area contributed by atoms with E-state index >= 15 is 9.59 Å². The molecule has 24 nitrogen and oxygen atoms in total. The lowest BCUT2D eigenvalue weighted by atomic mass is 9.74. The van der Waals surface area contributed by atoms with Gasteiger partial charge in [0.05, 0.1) is 65.1 Å². The number of sulfonamides is 1. The minimum absolute atomic E-state index is 0.0155. The van der Waals surface area contributed by atoms with Crippen molar-refractivity contribution in [3.8, 4) is 0 Å². The van der Waals surface area contributed by atoms with Crippen molar-refractivity contribution >= 4 is 39.6 Å². The summed E-state index contributed by atoms with van der Waals surface area (Å²) in [6.07, 6.45) is -12.2. The average Bonchev–Trinajstić information content (AvgIpc) is 2.67. The van der Waals surface area contributed by atoms with Gasteiger partial charge in [-0.3, -0.25) is 19.3 Å². The standard InChI is InChI=1S/C64H106N4O20S/c1-34(2)26-48(69)84-54-41(9)53(36(4)32-80-61-57(78-17)56(77-16)50(70)44(12)83-61)86-59(73)43(11)55(85-49-27-37(5)68(30-39(7)81-49)31-45-24-25-45)40(8)52(87-60-51(71)47(67-79-18)28-38(6)82-60)35(3)29-64(15,58(72)42(54)10)88-62(74)66-63(13,14)33-65-89(75,76)46-22-20-19-21-23-46/h19-23,34-45,49-57,60-61,65,70-71H,24-33H2,1-18H3,(H,66,74)/b67-47+/t35-,36?,37-,38+,39-,40+,41-,42+,43+,44+,49-,50+,51+,52-,53+,54+,55-,56+,57+,60-,61+,64-/m0/s1. The maximum Gasteiger partial charge on any atom is 0.408 e. The molecule has 4 aliphatic heterocycles. The van der Waals surface area contributed by atoms with Gasteiger partial charge in [0.25, 0.3) is 0 Å². The molecular weight excluding hydrogens is 1180 g/mol. The molecule has 4 saturated heterocycles. The van der Waals surface area contributed by atoms with E-state index in [9.17, 15) is 28.2 Å². The second-order valence-corrected chi connectivity index (χ2v) is 29.0. The van der Waals surface area contributed by atoms with E-state index in [-0.39, 0.29) is 61.1 Å². The van der Waals surface area contributed by atoms with Crippen LogP contribution in [0.15, 0.2) is 40.4 Å². The maximum absolute atomic E-state index is 16.1. The highest BCUT2D eigenvalue weighted by molar-refractivity contribution is 7.89. The van der Waals surface area contributed by atoms with Crippen molar-refractivity contribution in [3.05, 3.63) is 30.3 Å². The van der Waals surface area contributed by atoms with Gasteiger partial charge in [-0.05, 0) is 105 Å². The summed E-state index contributed by atoms with van der Waals surface area (Å²) in [6.45, 7) is 27.5. The van der Waals surface area contributed by atoms with Crippen LogP contribution in [0.1, 0.15) is 142 Å². The molecule has 1 unspecified atom stereocenters. The highest BCUT2D eigenvalue weighted by Gasteiger charge is 2.53. The molecule has 508 valence electrons. The Morgan fingerprint density at radius 2 is 1.49 bits per heavy atom. The summed E-state index contributed by atoms with van der Waals surface area (Å²) in [6, 6.07) is 7.77. The van der Waals surface area contributed by atoms with Crippen LogP contribution in [0.5, 0.6) is 0 Å². The Hall–Kier alpha value is -3.96. The molecule has 6 rings (SSSR count). The Morgan fingerprint density at radius 1 is 0.831 bits per heavy atom. The first-order valence-electron chi connectivity index (χ1n) is 31.9. The lowest BCUT2D eigenvalue weighted by Gasteiger charge is -2.45. The SMILES string of the molecule is CO/N=C1\C[C@@H](C)O[C@@H](O[C@@H]2[C@@H](C)[C@H](O[C@H]3C[C@H](C)N(CC4CC4)C[C@H](C)O3)[C@@H](C)C(=O)O[C@H](C(C)CO[C@@H]3O[C@H](C)[C@@H](O)[C@@H](OC)[C@H]3OC)[C@H](C)[C@@H](OC(=O)CC(C)C)[C@@H](C)C(=O)[C@@](C)(OC(=O)NC(C)(C)CNS(=O)(=O)c3ccccc3)C[C@@H]2C)[C@@H]1O. The van der Waals surface area contributed by atoms with Gasteiger partial charge in [-0.1, -0.05) is 71.8 Å². The van der Waals surface area contributed by atoms with E-state index < -0.39 is 160 Å². The average molecular weight is 1280 g/mol. The zero-order valence-electron chi connectivity index (χ0n) is 55.8. The predicted octanol–water partition coefficient (Wildman–Crippen LogP) is 6.54. The number of ether oxygens (including phenoxy) is 11. The van der Waals surface area contributed by atoms with E-state index in [1.807, 2.05) is 27.7 Å². The molecule has 1 saturated carbocycles. The third-order valence-electron chi connectivity index (χ3n) is 18.1. The third kappa shape index (κ3) is 19.8. The fourth-order valence-electron chi connectivity index (χ4n) is 13.0. The molecule has 25 heteroatoms. The second-order valence-electron chi connectivity index (χ2n) is 27.3. The number of carbonyl (C=O) groups excluding carboxylic acids is 4. The Balaban J connectivity index is 1.50. The number of oxime groups is 1. The number of rotatable bonds is 22. The number of cyclic esters (lactones) is 1. The van der Waals surface area contributed by atoms with Gasteiger partial charge in [0, 0.05) is 76.9 Å². The molecule has 0 spiro atoms. The molecule has 1 aliphatic carbocycles. The van der Waals surface area contributed by atoms with E-state index in [0.717, 1.165) is 19.4 Å². The number of hydrogen-bond donors (Lipinski definition) is 4. The number of aliphatic hydroxyl groups is 2. The topological polar surface area (TPSA) is 293 Å². The number of amides is 1. The highest BCUT2D eigenvalue weighted by atomic mass is 32.2. The minimum atomic E-state index is -4.03. The van der Waals surface area contributed by atoms with Gasteiger partial charge in [-0.25, -0.2) is 17.9 Å². The van der Waals surface area contributed by atoms with Crippen molar-refractivity contribution in [2.45, 2.75) is 250 Å². The molecule has 4 N–H and O–H groups in total. The summed E-state index contributed by atoms with van der Waals surface area (Å²) in [5.41, 5.74) is -3.18. The van der Waals surface area contributed by atoms with E-state index in [0.29, 0.717) is 18.9 Å². The summed E-state index contributed by atoms with van der Waals surface area (Å²) < 4.78 is 100. The van der Waals surface area contributed by atoms with Crippen LogP contribution in [0.4, 0.5) is 4.79 Å². The van der Waals surface area contributed by atoms with E-state index in [2.05, 4.69) is 27.0 Å². The lowest BCUT2D eigenvalue weighted by Crippen LogP contribution is -2.59. The summed E-state index contributed by atoms with van der Waals surface area (Å²) in [5, 5.41) is 29.9. The zero-order chi connectivity index (χ0) is 66.0. The van der Waals surface area contributed by atoms with Gasteiger partial charge in [0.2, 0.25) is 10.0 Å². The van der Waals surface area contributed by atoms with Crippen molar-refractivity contribution in [1.82, 2.24) is 14.9 Å². The predicted molar refractivity (Wildman–Crippen MR) is 327 cm³/mol. The van der Waals surface area contributed by atoms with Gasteiger partial charge >= 0.3 is 18.0 Å². The highest BCUT2D eigenvalue weighted by Crippen LogP contribution is 2.41. The van der Waals surface area contributed by atoms with Crippen LogP contribution in [0.25, 0.3) is 0 Å². The van der Waals surface area contributed by atoms with Crippen LogP contribution in [-0.4, -0.2) is 204 Å². The number of carbonyl (C=O) groups is 4. The van der Waals surface area contributed by atoms with Gasteiger partial charge in [0.15, 0.2) is 30.3 Å². The molecule has 5 fully saturated rings. The number of hydrogen-bond acceptors (Lipinski definition) is 22. The first-order valence-corrected chi connectivity index (χ1v) is 33.4. The number of alkyl carbamates (subject to hydrolysis) is 1. The number of nitrogens with zero attached hydrogens (tertiary/aromatic N) is 2. The van der Waals surface area contributed by atoms with Crippen LogP contribution in [0.3, 0.4) is 0 Å². The van der Waals surface area contributed by atoms with Crippen molar-refractivity contribution in [3.63, 3.8) is 0 Å². The monoisotopic (exact) mass is 1280 g/mol. The number of benzene rings is 1. The number of ketones is 1. The smallest absolute Gasteiger partial charge is 0.408 e. The Morgan fingerprint density at radius 3 is 2.11 bits per heavy atom. The number of Topliss-reactive ketones (excluding diaryl/α,β-unsaturated/α-hetero) is 1. The fraction of sp³-hybridized carbons (Fsp3) is 0.828. The quantitative estimate of drug-likeness (QED) is 0.0544. The molecule has 5 aliphatic rings. The molecule has 1 amide bonds. The molecule has 0 aromatic heterocycles. The van der Waals surface area contributed by atoms with Crippen LogP contribution in [0, 0.1) is 47.3 Å².